The molecule has 1 aliphatic carbocycles. The van der Waals surface area contributed by atoms with Gasteiger partial charge >= 0.3 is 0 Å². The number of para-hydroxylation sites is 1. The van der Waals surface area contributed by atoms with Gasteiger partial charge in [-0.3, -0.25) is 14.5 Å². The molecule has 0 unspecified atom stereocenters. The molecule has 160 valence electrons. The third kappa shape index (κ3) is 6.70. The van der Waals surface area contributed by atoms with Crippen LogP contribution < -0.4 is 15.5 Å². The van der Waals surface area contributed by atoms with Gasteiger partial charge in [0, 0.05) is 39.1 Å². The van der Waals surface area contributed by atoms with Gasteiger partial charge in [-0.05, 0) is 56.7 Å². The van der Waals surface area contributed by atoms with Gasteiger partial charge in [0.05, 0.1) is 12.2 Å². The van der Waals surface area contributed by atoms with Crippen LogP contribution in [0.25, 0.3) is 0 Å². The molecule has 0 radical (unpaired) electrons. The number of anilines is 1. The summed E-state index contributed by atoms with van der Waals surface area (Å²) in [6, 6.07) is 7.25. The summed E-state index contributed by atoms with van der Waals surface area (Å²) in [6.07, 6.45) is 5.49. The second-order valence-corrected chi connectivity index (χ2v) is 8.26. The molecule has 2 aliphatic rings. The maximum atomic E-state index is 14.0. The predicted octanol–water partition coefficient (Wildman–Crippen LogP) is 2.15. The Balaban J connectivity index is 1.31. The van der Waals surface area contributed by atoms with Crippen LogP contribution in [0.15, 0.2) is 24.3 Å². The highest BCUT2D eigenvalue weighted by Crippen LogP contribution is 2.27. The quantitative estimate of drug-likeness (QED) is 0.731. The normalized spacial score (nSPS) is 22.9. The molecule has 6 nitrogen and oxygen atoms in total. The number of hydrogen-bond acceptors (Lipinski definition) is 4. The lowest BCUT2D eigenvalue weighted by Gasteiger charge is -2.37. The minimum Gasteiger partial charge on any atom is -0.367 e. The molecule has 3 rings (SSSR count). The topological polar surface area (TPSA) is 64.7 Å². The largest absolute Gasteiger partial charge is 0.367 e. The van der Waals surface area contributed by atoms with E-state index < -0.39 is 0 Å². The monoisotopic (exact) mass is 404 g/mol. The van der Waals surface area contributed by atoms with E-state index in [2.05, 4.69) is 20.4 Å². The van der Waals surface area contributed by atoms with E-state index in [9.17, 15) is 14.0 Å². The average molecular weight is 405 g/mol. The van der Waals surface area contributed by atoms with Gasteiger partial charge in [0.1, 0.15) is 5.82 Å². The van der Waals surface area contributed by atoms with E-state index in [1.165, 1.54) is 19.4 Å². The van der Waals surface area contributed by atoms with Crippen molar-refractivity contribution < 1.29 is 14.0 Å². The molecule has 0 atom stereocenters. The minimum absolute atomic E-state index is 0.0636. The second-order valence-electron chi connectivity index (χ2n) is 8.26. The van der Waals surface area contributed by atoms with E-state index in [0.29, 0.717) is 11.6 Å². The van der Waals surface area contributed by atoms with Crippen LogP contribution in [-0.4, -0.2) is 62.0 Å². The van der Waals surface area contributed by atoms with Crippen molar-refractivity contribution in [2.45, 2.75) is 45.1 Å². The number of nitrogens with zero attached hydrogens (tertiary/aromatic N) is 2. The van der Waals surface area contributed by atoms with E-state index in [-0.39, 0.29) is 30.2 Å². The lowest BCUT2D eigenvalue weighted by Crippen LogP contribution is -2.47. The van der Waals surface area contributed by atoms with Crippen LogP contribution in [0, 0.1) is 11.7 Å². The number of halogens is 1. The van der Waals surface area contributed by atoms with Gasteiger partial charge in [-0.25, -0.2) is 4.39 Å². The molecule has 29 heavy (non-hydrogen) atoms. The van der Waals surface area contributed by atoms with Crippen molar-refractivity contribution in [3.63, 3.8) is 0 Å². The zero-order chi connectivity index (χ0) is 20.6. The number of carbonyl (C=O) groups excluding carboxylic acids is 2. The number of hydrogen-bond donors (Lipinski definition) is 2. The first-order valence-electron chi connectivity index (χ1n) is 10.8. The summed E-state index contributed by atoms with van der Waals surface area (Å²) in [6.45, 7) is 6.26. The Kier molecular flexibility index (Phi) is 7.86. The molecule has 1 aromatic rings. The molecule has 0 spiro atoms. The molecule has 0 bridgehead atoms. The van der Waals surface area contributed by atoms with Crippen molar-refractivity contribution in [3.8, 4) is 0 Å². The molecule has 1 aromatic carbocycles. The highest BCUT2D eigenvalue weighted by atomic mass is 19.1. The molecule has 7 heteroatoms. The Hall–Kier alpha value is -2.15. The van der Waals surface area contributed by atoms with Crippen LogP contribution in [0.1, 0.15) is 39.0 Å². The zero-order valence-corrected chi connectivity index (χ0v) is 17.3. The van der Waals surface area contributed by atoms with Crippen LogP contribution in [0.2, 0.25) is 0 Å². The first-order chi connectivity index (χ1) is 14.0. The van der Waals surface area contributed by atoms with Crippen molar-refractivity contribution in [2.75, 3.05) is 44.2 Å². The summed E-state index contributed by atoms with van der Waals surface area (Å²) >= 11 is 0. The van der Waals surface area contributed by atoms with Gasteiger partial charge in [0.15, 0.2) is 0 Å². The summed E-state index contributed by atoms with van der Waals surface area (Å²) in [7, 11) is 0. The lowest BCUT2D eigenvalue weighted by molar-refractivity contribution is -0.125. The van der Waals surface area contributed by atoms with Crippen LogP contribution in [-0.2, 0) is 9.59 Å². The first kappa shape index (κ1) is 21.6. The third-order valence-electron chi connectivity index (χ3n) is 6.13. The van der Waals surface area contributed by atoms with E-state index in [1.807, 2.05) is 12.1 Å². The SMILES string of the molecule is CC(=O)NCC(=O)N[C@H]1CC[C@H](CCN2CCN(c3ccccc3F)CC2)CC1. The van der Waals surface area contributed by atoms with Gasteiger partial charge in [-0.15, -0.1) is 0 Å². The zero-order valence-electron chi connectivity index (χ0n) is 17.3. The van der Waals surface area contributed by atoms with Gasteiger partial charge in [-0.1, -0.05) is 12.1 Å². The number of rotatable bonds is 7. The van der Waals surface area contributed by atoms with Crippen LogP contribution in [0.3, 0.4) is 0 Å². The van der Waals surface area contributed by atoms with Crippen molar-refractivity contribution in [3.05, 3.63) is 30.1 Å². The highest BCUT2D eigenvalue weighted by molar-refractivity contribution is 5.83. The molecule has 2 N–H and O–H groups in total. The van der Waals surface area contributed by atoms with Gasteiger partial charge in [0.2, 0.25) is 11.8 Å². The average Bonchev–Trinajstić information content (AvgIpc) is 2.73. The molecular formula is C22H33FN4O2. The van der Waals surface area contributed by atoms with Gasteiger partial charge in [-0.2, -0.15) is 0 Å². The maximum Gasteiger partial charge on any atom is 0.239 e. The Bertz CT molecular complexity index is 683. The summed E-state index contributed by atoms with van der Waals surface area (Å²) < 4.78 is 14.0. The van der Waals surface area contributed by atoms with Crippen LogP contribution in [0.4, 0.5) is 10.1 Å². The second kappa shape index (κ2) is 10.6. The van der Waals surface area contributed by atoms with Crippen molar-refractivity contribution in [2.24, 2.45) is 5.92 Å². The highest BCUT2D eigenvalue weighted by Gasteiger charge is 2.24. The summed E-state index contributed by atoms with van der Waals surface area (Å²) in [5, 5.41) is 5.56. The molecule has 1 aliphatic heterocycles. The number of amides is 2. The van der Waals surface area contributed by atoms with Crippen LogP contribution in [0.5, 0.6) is 0 Å². The number of nitrogens with one attached hydrogen (secondary N) is 2. The molecule has 1 heterocycles. The molecule has 2 fully saturated rings. The number of piperazine rings is 1. The van der Waals surface area contributed by atoms with E-state index in [0.717, 1.165) is 58.4 Å². The van der Waals surface area contributed by atoms with Gasteiger partial charge < -0.3 is 15.5 Å². The van der Waals surface area contributed by atoms with Crippen LogP contribution >= 0.6 is 0 Å². The molecular weight excluding hydrogens is 371 g/mol. The smallest absolute Gasteiger partial charge is 0.239 e. The lowest BCUT2D eigenvalue weighted by atomic mass is 9.84. The fourth-order valence-corrected chi connectivity index (χ4v) is 4.36. The van der Waals surface area contributed by atoms with Crippen molar-refractivity contribution in [1.82, 2.24) is 15.5 Å². The Morgan fingerprint density at radius 2 is 1.76 bits per heavy atom. The first-order valence-corrected chi connectivity index (χ1v) is 10.8. The Labute approximate surface area is 172 Å². The standard InChI is InChI=1S/C22H33FN4O2/c1-17(28)24-16-22(29)25-19-8-6-18(7-9-19)10-11-26-12-14-27(15-13-26)21-5-3-2-4-20(21)23/h2-5,18-19H,6-16H2,1H3,(H,24,28)(H,25,29)/t18-,19-. The molecule has 1 saturated carbocycles. The van der Waals surface area contributed by atoms with Crippen molar-refractivity contribution in [1.29, 1.82) is 0 Å². The number of benzene rings is 1. The summed E-state index contributed by atoms with van der Waals surface area (Å²) in [5.41, 5.74) is 0.714. The van der Waals surface area contributed by atoms with Gasteiger partial charge in [0.25, 0.3) is 0 Å². The third-order valence-corrected chi connectivity index (χ3v) is 6.13. The molecule has 0 aromatic heterocycles. The Morgan fingerprint density at radius 1 is 1.07 bits per heavy atom. The fourth-order valence-electron chi connectivity index (χ4n) is 4.36. The Morgan fingerprint density at radius 3 is 2.41 bits per heavy atom. The summed E-state index contributed by atoms with van der Waals surface area (Å²) in [4.78, 5) is 27.3. The predicted molar refractivity (Wildman–Crippen MR) is 112 cm³/mol. The number of carbonyl (C=O) groups is 2. The van der Waals surface area contributed by atoms with E-state index >= 15 is 0 Å². The van der Waals surface area contributed by atoms with E-state index in [4.69, 9.17) is 0 Å². The summed E-state index contributed by atoms with van der Waals surface area (Å²) in [5.74, 6) is 0.292. The van der Waals surface area contributed by atoms with Crippen molar-refractivity contribution >= 4 is 17.5 Å². The molecule has 1 saturated heterocycles. The minimum atomic E-state index is -0.182. The van der Waals surface area contributed by atoms with E-state index in [1.54, 1.807) is 6.07 Å². The maximum absolute atomic E-state index is 14.0. The fraction of sp³-hybridized carbons (Fsp3) is 0.636. The molecule has 2 amide bonds.